The number of fused-ring (bicyclic) bond motifs is 2. The number of nitrogens with one attached hydrogen (secondary N) is 3. The van der Waals surface area contributed by atoms with Gasteiger partial charge in [0.1, 0.15) is 5.82 Å². The number of carbonyl (C=O) groups excluding carboxylic acids is 1. The van der Waals surface area contributed by atoms with Gasteiger partial charge < -0.3 is 15.3 Å². The first-order valence-electron chi connectivity index (χ1n) is 9.26. The number of H-pyrrole nitrogens is 2. The maximum atomic E-state index is 14.1. The van der Waals surface area contributed by atoms with E-state index in [9.17, 15) is 22.4 Å². The average molecular weight is 418 g/mol. The quantitative estimate of drug-likeness (QED) is 0.417. The molecule has 2 heterocycles. The summed E-state index contributed by atoms with van der Waals surface area (Å²) in [6.45, 7) is 3.99. The number of aryl methyl sites for hydroxylation is 2. The third kappa shape index (κ3) is 3.51. The van der Waals surface area contributed by atoms with Gasteiger partial charge in [-0.3, -0.25) is 4.79 Å². The van der Waals surface area contributed by atoms with Crippen LogP contribution in [-0.4, -0.2) is 27.4 Å². The van der Waals surface area contributed by atoms with Crippen LogP contribution in [0.4, 0.5) is 17.6 Å². The summed E-state index contributed by atoms with van der Waals surface area (Å²) in [6.07, 6.45) is -4.02. The van der Waals surface area contributed by atoms with E-state index in [-0.39, 0.29) is 29.2 Å². The molecule has 0 aliphatic heterocycles. The molecule has 0 unspecified atom stereocenters. The Morgan fingerprint density at radius 3 is 2.63 bits per heavy atom. The summed E-state index contributed by atoms with van der Waals surface area (Å²) in [5.74, 6) is -0.933. The lowest BCUT2D eigenvalue weighted by molar-refractivity contribution is -0.137. The highest BCUT2D eigenvalue weighted by Gasteiger charge is 2.30. The minimum absolute atomic E-state index is 0.0674. The van der Waals surface area contributed by atoms with Crippen LogP contribution in [0.1, 0.15) is 33.0 Å². The number of benzene rings is 2. The smallest absolute Gasteiger partial charge is 0.356 e. The number of carbonyl (C=O) groups is 1. The van der Waals surface area contributed by atoms with Crippen molar-refractivity contribution < 1.29 is 22.4 Å². The molecule has 0 saturated carbocycles. The van der Waals surface area contributed by atoms with Crippen LogP contribution >= 0.6 is 0 Å². The Labute approximate surface area is 168 Å². The topological polar surface area (TPSA) is 73.6 Å². The summed E-state index contributed by atoms with van der Waals surface area (Å²) < 4.78 is 52.6. The van der Waals surface area contributed by atoms with Crippen LogP contribution in [-0.2, 0) is 12.6 Å². The minimum atomic E-state index is -4.48. The fourth-order valence-electron chi connectivity index (χ4n) is 3.63. The third-order valence-electron chi connectivity index (χ3n) is 5.11. The summed E-state index contributed by atoms with van der Waals surface area (Å²) >= 11 is 0. The maximum absolute atomic E-state index is 14.1. The summed E-state index contributed by atoms with van der Waals surface area (Å²) in [7, 11) is 0. The van der Waals surface area contributed by atoms with Crippen molar-refractivity contribution >= 4 is 27.8 Å². The maximum Gasteiger partial charge on any atom is 0.416 e. The fourth-order valence-corrected chi connectivity index (χ4v) is 3.63. The fraction of sp³-hybridized carbons (Fsp3) is 0.238. The van der Waals surface area contributed by atoms with Crippen molar-refractivity contribution in [1.82, 2.24) is 20.3 Å². The number of imidazole rings is 1. The molecule has 5 nitrogen and oxygen atoms in total. The van der Waals surface area contributed by atoms with E-state index in [1.165, 1.54) is 12.1 Å². The number of nitrogens with zero attached hydrogens (tertiary/aromatic N) is 1. The number of aromatic amines is 2. The number of hydrogen-bond donors (Lipinski definition) is 3. The van der Waals surface area contributed by atoms with Gasteiger partial charge >= 0.3 is 6.18 Å². The second-order valence-electron chi connectivity index (χ2n) is 7.16. The number of aromatic nitrogens is 3. The van der Waals surface area contributed by atoms with Crippen molar-refractivity contribution in [2.75, 3.05) is 6.54 Å². The van der Waals surface area contributed by atoms with Crippen LogP contribution in [0.25, 0.3) is 21.9 Å². The number of rotatable bonds is 4. The van der Waals surface area contributed by atoms with E-state index < -0.39 is 17.6 Å². The van der Waals surface area contributed by atoms with E-state index in [0.29, 0.717) is 11.9 Å². The molecular weight excluding hydrogens is 400 g/mol. The molecule has 0 saturated heterocycles. The molecule has 4 rings (SSSR count). The number of alkyl halides is 3. The molecule has 4 aromatic rings. The lowest BCUT2D eigenvalue weighted by atomic mass is 10.0. The highest BCUT2D eigenvalue weighted by atomic mass is 19.4. The molecule has 0 spiro atoms. The van der Waals surface area contributed by atoms with Gasteiger partial charge in [0.25, 0.3) is 5.91 Å². The van der Waals surface area contributed by atoms with Gasteiger partial charge in [-0.05, 0) is 55.7 Å². The van der Waals surface area contributed by atoms with E-state index >= 15 is 0 Å². The van der Waals surface area contributed by atoms with Gasteiger partial charge in [0.05, 0.1) is 22.1 Å². The molecule has 2 aromatic carbocycles. The Morgan fingerprint density at radius 2 is 1.90 bits per heavy atom. The first-order valence-corrected chi connectivity index (χ1v) is 9.26. The van der Waals surface area contributed by atoms with Gasteiger partial charge in [0.2, 0.25) is 0 Å². The van der Waals surface area contributed by atoms with Gasteiger partial charge in [-0.2, -0.15) is 13.2 Å². The van der Waals surface area contributed by atoms with Crippen LogP contribution in [0.3, 0.4) is 0 Å². The van der Waals surface area contributed by atoms with Crippen LogP contribution in [0.5, 0.6) is 0 Å². The van der Waals surface area contributed by atoms with Gasteiger partial charge in [-0.25, -0.2) is 9.37 Å². The average Bonchev–Trinajstić information content (AvgIpc) is 3.25. The Balaban J connectivity index is 1.50. The SMILES string of the molecule is Cc1[nH]c2c(F)ccc(C)c2c1CCNC(=O)c1nc2ccc(C(F)(F)F)cc2[nH]1. The largest absolute Gasteiger partial charge is 0.416 e. The summed E-state index contributed by atoms with van der Waals surface area (Å²) in [4.78, 5) is 22.1. The van der Waals surface area contributed by atoms with Gasteiger partial charge in [0, 0.05) is 17.6 Å². The molecule has 156 valence electrons. The monoisotopic (exact) mass is 418 g/mol. The summed E-state index contributed by atoms with van der Waals surface area (Å²) in [5.41, 5.74) is 2.67. The highest BCUT2D eigenvalue weighted by molar-refractivity contribution is 5.94. The highest BCUT2D eigenvalue weighted by Crippen LogP contribution is 2.31. The molecule has 2 aromatic heterocycles. The van der Waals surface area contributed by atoms with Crippen molar-refractivity contribution in [3.05, 3.63) is 64.4 Å². The molecular formula is C21H18F4N4O. The molecule has 0 radical (unpaired) electrons. The van der Waals surface area contributed by atoms with Crippen LogP contribution in [0.2, 0.25) is 0 Å². The van der Waals surface area contributed by atoms with Gasteiger partial charge in [-0.1, -0.05) is 6.07 Å². The first kappa shape index (κ1) is 19.9. The molecule has 1 amide bonds. The van der Waals surface area contributed by atoms with E-state index in [4.69, 9.17) is 0 Å². The third-order valence-corrected chi connectivity index (χ3v) is 5.11. The zero-order valence-electron chi connectivity index (χ0n) is 16.2. The Bertz CT molecular complexity index is 1270. The van der Waals surface area contributed by atoms with E-state index in [1.54, 1.807) is 6.07 Å². The van der Waals surface area contributed by atoms with Crippen molar-refractivity contribution in [1.29, 1.82) is 0 Å². The molecule has 0 atom stereocenters. The van der Waals surface area contributed by atoms with Crippen molar-refractivity contribution in [2.45, 2.75) is 26.4 Å². The molecule has 30 heavy (non-hydrogen) atoms. The molecule has 0 aliphatic carbocycles. The second kappa shape index (κ2) is 7.16. The lowest BCUT2D eigenvalue weighted by Gasteiger charge is -2.06. The molecule has 0 fully saturated rings. The number of halogens is 4. The zero-order valence-corrected chi connectivity index (χ0v) is 16.2. The normalized spacial score (nSPS) is 12.1. The van der Waals surface area contributed by atoms with Crippen molar-refractivity contribution in [2.24, 2.45) is 0 Å². The summed E-state index contributed by atoms with van der Waals surface area (Å²) in [6, 6.07) is 6.18. The van der Waals surface area contributed by atoms with E-state index in [2.05, 4.69) is 20.3 Å². The van der Waals surface area contributed by atoms with Crippen molar-refractivity contribution in [3.8, 4) is 0 Å². The predicted molar refractivity (Wildman–Crippen MR) is 105 cm³/mol. The standard InChI is InChI=1S/C21H18F4N4O/c1-10-3-5-14(22)18-17(10)13(11(2)27-18)7-8-26-20(30)19-28-15-6-4-12(21(23,24)25)9-16(15)29-19/h3-6,9,27H,7-8H2,1-2H3,(H,26,30)(H,28,29). The molecule has 3 N–H and O–H groups in total. The van der Waals surface area contributed by atoms with Crippen LogP contribution in [0, 0.1) is 19.7 Å². The Hall–Kier alpha value is -3.36. The Kier molecular flexibility index (Phi) is 4.76. The minimum Gasteiger partial charge on any atom is -0.356 e. The van der Waals surface area contributed by atoms with E-state index in [1.807, 2.05) is 13.8 Å². The van der Waals surface area contributed by atoms with Crippen LogP contribution < -0.4 is 5.32 Å². The van der Waals surface area contributed by atoms with Gasteiger partial charge in [0.15, 0.2) is 5.82 Å². The molecule has 0 bridgehead atoms. The van der Waals surface area contributed by atoms with Crippen molar-refractivity contribution in [3.63, 3.8) is 0 Å². The summed E-state index contributed by atoms with van der Waals surface area (Å²) in [5, 5.41) is 3.50. The van der Waals surface area contributed by atoms with Gasteiger partial charge in [-0.15, -0.1) is 0 Å². The molecule has 0 aliphatic rings. The predicted octanol–water partition coefficient (Wildman–Crippen LogP) is 4.79. The van der Waals surface area contributed by atoms with E-state index in [0.717, 1.165) is 34.3 Å². The lowest BCUT2D eigenvalue weighted by Crippen LogP contribution is -2.26. The Morgan fingerprint density at radius 1 is 1.13 bits per heavy atom. The zero-order chi connectivity index (χ0) is 21.6. The first-order chi connectivity index (χ1) is 14.1. The number of amides is 1. The number of hydrogen-bond acceptors (Lipinski definition) is 2. The molecule has 9 heteroatoms. The van der Waals surface area contributed by atoms with Crippen LogP contribution in [0.15, 0.2) is 30.3 Å². The second-order valence-corrected chi connectivity index (χ2v) is 7.16.